The second-order valence-electron chi connectivity index (χ2n) is 4.15. The highest BCUT2D eigenvalue weighted by Crippen LogP contribution is 2.11. The zero-order valence-corrected chi connectivity index (χ0v) is 11.4. The molecular weight excluding hydrogens is 202 g/mol. The van der Waals surface area contributed by atoms with E-state index in [2.05, 4.69) is 49.7 Å². The number of thioether (sulfide) groups is 1. The fraction of sp³-hybridized carbons (Fsp3) is 0.846. The Morgan fingerprint density at radius 2 is 2.00 bits per heavy atom. The summed E-state index contributed by atoms with van der Waals surface area (Å²) in [6, 6.07) is 0.639. The first-order chi connectivity index (χ1) is 7.20. The molecule has 0 aromatic rings. The molecule has 0 bridgehead atoms. The van der Waals surface area contributed by atoms with Gasteiger partial charge >= 0.3 is 0 Å². The van der Waals surface area contributed by atoms with Crippen molar-refractivity contribution in [2.45, 2.75) is 46.6 Å². The first-order valence-corrected chi connectivity index (χ1v) is 7.06. The average Bonchev–Trinajstić information content (AvgIpc) is 2.17. The monoisotopic (exact) mass is 227 g/mol. The number of hydrogen-bond donors (Lipinski definition) is 1. The van der Waals surface area contributed by atoms with Gasteiger partial charge < -0.3 is 5.32 Å². The van der Waals surface area contributed by atoms with E-state index in [1.165, 1.54) is 17.9 Å². The Kier molecular flexibility index (Phi) is 10.3. The fourth-order valence-corrected chi connectivity index (χ4v) is 2.53. The highest BCUT2D eigenvalue weighted by atomic mass is 32.2. The molecule has 0 radical (unpaired) electrons. The van der Waals surface area contributed by atoms with Crippen molar-refractivity contribution in [1.82, 2.24) is 5.32 Å². The van der Waals surface area contributed by atoms with E-state index < -0.39 is 0 Å². The molecule has 0 saturated carbocycles. The second-order valence-corrected chi connectivity index (χ2v) is 5.23. The van der Waals surface area contributed by atoms with Crippen LogP contribution in [0.5, 0.6) is 0 Å². The molecule has 88 valence electrons. The minimum Gasteiger partial charge on any atom is -0.313 e. The maximum atomic E-state index is 3.53. The average molecular weight is 227 g/mol. The van der Waals surface area contributed by atoms with Crippen LogP contribution >= 0.6 is 11.8 Å². The lowest BCUT2D eigenvalue weighted by molar-refractivity contribution is 0.544. The maximum Gasteiger partial charge on any atom is 0.0167 e. The first kappa shape index (κ1) is 14.9. The number of nitrogens with one attached hydrogen (secondary N) is 1. The van der Waals surface area contributed by atoms with Gasteiger partial charge in [0.05, 0.1) is 0 Å². The summed E-state index contributed by atoms with van der Waals surface area (Å²) in [5.74, 6) is 9.38. The SMILES string of the molecule is CC#CCCC(CSCC(C)C)NCC. The summed E-state index contributed by atoms with van der Waals surface area (Å²) in [5.41, 5.74) is 0. The molecule has 0 aliphatic rings. The predicted molar refractivity (Wildman–Crippen MR) is 72.3 cm³/mol. The molecule has 0 amide bonds. The van der Waals surface area contributed by atoms with Crippen molar-refractivity contribution in [2.75, 3.05) is 18.1 Å². The fourth-order valence-electron chi connectivity index (χ4n) is 1.35. The van der Waals surface area contributed by atoms with E-state index in [1.807, 2.05) is 6.92 Å². The Morgan fingerprint density at radius 1 is 1.27 bits per heavy atom. The van der Waals surface area contributed by atoms with Gasteiger partial charge in [-0.2, -0.15) is 11.8 Å². The van der Waals surface area contributed by atoms with E-state index in [4.69, 9.17) is 0 Å². The molecule has 0 aliphatic heterocycles. The van der Waals surface area contributed by atoms with Crippen molar-refractivity contribution in [3.8, 4) is 11.8 Å². The van der Waals surface area contributed by atoms with E-state index in [-0.39, 0.29) is 0 Å². The predicted octanol–water partition coefficient (Wildman–Crippen LogP) is 3.16. The molecule has 0 fully saturated rings. The van der Waals surface area contributed by atoms with Gasteiger partial charge in [-0.1, -0.05) is 20.8 Å². The van der Waals surface area contributed by atoms with Gasteiger partial charge in [0.25, 0.3) is 0 Å². The Balaban J connectivity index is 3.65. The van der Waals surface area contributed by atoms with Crippen LogP contribution in [-0.2, 0) is 0 Å². The molecule has 1 atom stereocenters. The molecule has 0 aromatic heterocycles. The van der Waals surface area contributed by atoms with Crippen LogP contribution in [0.25, 0.3) is 0 Å². The lowest BCUT2D eigenvalue weighted by atomic mass is 10.2. The summed E-state index contributed by atoms with van der Waals surface area (Å²) in [6.07, 6.45) is 2.20. The van der Waals surface area contributed by atoms with Gasteiger partial charge in [0.2, 0.25) is 0 Å². The standard InChI is InChI=1S/C13H25NS/c1-5-7-8-9-13(14-6-2)11-15-10-12(3)4/h12-14H,6,8-11H2,1-4H3. The van der Waals surface area contributed by atoms with Crippen molar-refractivity contribution >= 4 is 11.8 Å². The molecule has 2 heteroatoms. The van der Waals surface area contributed by atoms with Gasteiger partial charge in [-0.3, -0.25) is 0 Å². The highest BCUT2D eigenvalue weighted by Gasteiger charge is 2.06. The second kappa shape index (κ2) is 10.4. The van der Waals surface area contributed by atoms with Gasteiger partial charge in [-0.15, -0.1) is 11.8 Å². The quantitative estimate of drug-likeness (QED) is 0.639. The zero-order chi connectivity index (χ0) is 11.5. The van der Waals surface area contributed by atoms with Crippen LogP contribution < -0.4 is 5.32 Å². The van der Waals surface area contributed by atoms with Crippen LogP contribution in [0.4, 0.5) is 0 Å². The summed E-state index contributed by atoms with van der Waals surface area (Å²) < 4.78 is 0. The Morgan fingerprint density at radius 3 is 2.53 bits per heavy atom. The molecule has 1 nitrogen and oxygen atoms in total. The van der Waals surface area contributed by atoms with Gasteiger partial charge in [0, 0.05) is 18.2 Å². The minimum atomic E-state index is 0.639. The van der Waals surface area contributed by atoms with Crippen molar-refractivity contribution in [3.63, 3.8) is 0 Å². The van der Waals surface area contributed by atoms with Crippen molar-refractivity contribution in [1.29, 1.82) is 0 Å². The Labute approximate surface area is 99.8 Å². The lowest BCUT2D eigenvalue weighted by Crippen LogP contribution is -2.31. The third kappa shape index (κ3) is 10.2. The zero-order valence-electron chi connectivity index (χ0n) is 10.6. The third-order valence-corrected chi connectivity index (χ3v) is 3.60. The molecule has 1 unspecified atom stereocenters. The van der Waals surface area contributed by atoms with Gasteiger partial charge in [0.1, 0.15) is 0 Å². The molecule has 0 aromatic carbocycles. The third-order valence-electron chi connectivity index (χ3n) is 2.06. The van der Waals surface area contributed by atoms with E-state index >= 15 is 0 Å². The lowest BCUT2D eigenvalue weighted by Gasteiger charge is -2.16. The van der Waals surface area contributed by atoms with Crippen molar-refractivity contribution in [2.24, 2.45) is 5.92 Å². The van der Waals surface area contributed by atoms with E-state index in [0.717, 1.165) is 18.9 Å². The van der Waals surface area contributed by atoms with Crippen LogP contribution in [0.3, 0.4) is 0 Å². The van der Waals surface area contributed by atoms with Crippen LogP contribution in [0.2, 0.25) is 0 Å². The smallest absolute Gasteiger partial charge is 0.0167 e. The first-order valence-electron chi connectivity index (χ1n) is 5.91. The molecule has 15 heavy (non-hydrogen) atoms. The summed E-state index contributed by atoms with van der Waals surface area (Å²) in [6.45, 7) is 9.70. The van der Waals surface area contributed by atoms with Gasteiger partial charge in [-0.25, -0.2) is 0 Å². The van der Waals surface area contributed by atoms with E-state index in [1.54, 1.807) is 0 Å². The largest absolute Gasteiger partial charge is 0.313 e. The van der Waals surface area contributed by atoms with Gasteiger partial charge in [-0.05, 0) is 31.6 Å². The highest BCUT2D eigenvalue weighted by molar-refractivity contribution is 7.99. The normalized spacial score (nSPS) is 12.3. The Bertz CT molecular complexity index is 190. The summed E-state index contributed by atoms with van der Waals surface area (Å²) in [7, 11) is 0. The topological polar surface area (TPSA) is 12.0 Å². The van der Waals surface area contributed by atoms with Crippen LogP contribution in [-0.4, -0.2) is 24.1 Å². The molecule has 0 aliphatic carbocycles. The molecule has 0 spiro atoms. The minimum absolute atomic E-state index is 0.639. The Hall–Kier alpha value is -0.130. The summed E-state index contributed by atoms with van der Waals surface area (Å²) in [4.78, 5) is 0. The number of hydrogen-bond acceptors (Lipinski definition) is 2. The summed E-state index contributed by atoms with van der Waals surface area (Å²) >= 11 is 2.06. The number of rotatable bonds is 8. The van der Waals surface area contributed by atoms with Crippen molar-refractivity contribution in [3.05, 3.63) is 0 Å². The maximum absolute atomic E-state index is 3.53. The van der Waals surface area contributed by atoms with Crippen molar-refractivity contribution < 1.29 is 0 Å². The van der Waals surface area contributed by atoms with E-state index in [9.17, 15) is 0 Å². The molecule has 0 heterocycles. The van der Waals surface area contributed by atoms with Gasteiger partial charge in [0.15, 0.2) is 0 Å². The molecule has 1 N–H and O–H groups in total. The van der Waals surface area contributed by atoms with Crippen LogP contribution in [0.15, 0.2) is 0 Å². The molecular formula is C13H25NS. The van der Waals surface area contributed by atoms with E-state index in [0.29, 0.717) is 6.04 Å². The van der Waals surface area contributed by atoms with Crippen LogP contribution in [0.1, 0.15) is 40.5 Å². The molecule has 0 saturated heterocycles. The molecule has 0 rings (SSSR count). The van der Waals surface area contributed by atoms with Crippen LogP contribution in [0, 0.1) is 17.8 Å². The summed E-state index contributed by atoms with van der Waals surface area (Å²) in [5, 5.41) is 3.53.